The second kappa shape index (κ2) is 9.16. The van der Waals surface area contributed by atoms with Crippen molar-refractivity contribution in [3.63, 3.8) is 0 Å². The summed E-state index contributed by atoms with van der Waals surface area (Å²) in [6, 6.07) is 8.02. The summed E-state index contributed by atoms with van der Waals surface area (Å²) in [6.07, 6.45) is 4.80. The molecule has 0 fully saturated rings. The summed E-state index contributed by atoms with van der Waals surface area (Å²) in [5.74, 6) is -0.359. The lowest BCUT2D eigenvalue weighted by atomic mass is 10.1. The van der Waals surface area contributed by atoms with Crippen LogP contribution in [-0.4, -0.2) is 12.6 Å². The predicted octanol–water partition coefficient (Wildman–Crippen LogP) is 3.71. The maximum Gasteiger partial charge on any atom is 0.330 e. The van der Waals surface area contributed by atoms with Crippen LogP contribution in [0.25, 0.3) is 12.2 Å². The lowest BCUT2D eigenvalue weighted by Crippen LogP contribution is -1.97. The summed E-state index contributed by atoms with van der Waals surface area (Å²) < 4.78 is 4.43. The normalized spacial score (nSPS) is 8.29. The Kier molecular flexibility index (Phi) is 8.03. The van der Waals surface area contributed by atoms with Crippen LogP contribution < -0.4 is 0 Å². The largest absolute Gasteiger partial charge is 0.463 e. The molecule has 0 saturated carbocycles. The molecule has 2 heteroatoms. The Bertz CT molecular complexity index is 365. The van der Waals surface area contributed by atoms with Gasteiger partial charge < -0.3 is 4.74 Å². The molecule has 1 rings (SSSR count). The van der Waals surface area contributed by atoms with Crippen LogP contribution in [0.15, 0.2) is 50.1 Å². The van der Waals surface area contributed by atoms with Gasteiger partial charge in [0.1, 0.15) is 0 Å². The zero-order valence-electron chi connectivity index (χ0n) is 10.2. The standard InChI is InChI=1S/C10H10.C5H8O2/c1-3-9-7-5-6-8-10(9)4-2;1-3-5(6)7-4-2/h3-8H,1-2H2;3H,1,4H2,2H3. The third kappa shape index (κ3) is 6.15. The monoisotopic (exact) mass is 230 g/mol. The first kappa shape index (κ1) is 14.9. The molecule has 0 aliphatic rings. The van der Waals surface area contributed by atoms with E-state index in [1.807, 2.05) is 36.4 Å². The van der Waals surface area contributed by atoms with Gasteiger partial charge >= 0.3 is 5.97 Å². The fourth-order valence-corrected chi connectivity index (χ4v) is 1.08. The van der Waals surface area contributed by atoms with Crippen molar-refractivity contribution >= 4 is 18.1 Å². The topological polar surface area (TPSA) is 26.3 Å². The molecule has 1 aromatic rings. The van der Waals surface area contributed by atoms with Crippen LogP contribution in [0.1, 0.15) is 18.1 Å². The zero-order chi connectivity index (χ0) is 13.1. The third-order valence-electron chi connectivity index (χ3n) is 1.89. The number of benzene rings is 1. The molecule has 0 aliphatic carbocycles. The van der Waals surface area contributed by atoms with Gasteiger partial charge in [0.15, 0.2) is 0 Å². The summed E-state index contributed by atoms with van der Waals surface area (Å²) in [7, 11) is 0. The van der Waals surface area contributed by atoms with E-state index in [0.29, 0.717) is 6.61 Å². The molecule has 0 unspecified atom stereocenters. The Morgan fingerprint density at radius 3 is 1.88 bits per heavy atom. The molecule has 0 N–H and O–H groups in total. The van der Waals surface area contributed by atoms with Crippen LogP contribution in [0.2, 0.25) is 0 Å². The van der Waals surface area contributed by atoms with Crippen molar-refractivity contribution in [2.24, 2.45) is 0 Å². The van der Waals surface area contributed by atoms with Gasteiger partial charge in [0.2, 0.25) is 0 Å². The van der Waals surface area contributed by atoms with Crippen molar-refractivity contribution in [3.05, 3.63) is 61.2 Å². The van der Waals surface area contributed by atoms with E-state index < -0.39 is 0 Å². The van der Waals surface area contributed by atoms with Gasteiger partial charge in [-0.05, 0) is 18.1 Å². The van der Waals surface area contributed by atoms with Crippen LogP contribution in [0.3, 0.4) is 0 Å². The molecule has 0 atom stereocenters. The first-order chi connectivity index (χ1) is 8.19. The smallest absolute Gasteiger partial charge is 0.330 e. The number of carbonyl (C=O) groups is 1. The summed E-state index contributed by atoms with van der Waals surface area (Å²) in [6.45, 7) is 12.8. The van der Waals surface area contributed by atoms with E-state index in [1.165, 1.54) is 0 Å². The average molecular weight is 230 g/mol. The van der Waals surface area contributed by atoms with Crippen LogP contribution in [-0.2, 0) is 9.53 Å². The maximum absolute atomic E-state index is 10.1. The van der Waals surface area contributed by atoms with Gasteiger partial charge in [-0.15, -0.1) is 0 Å². The molecule has 0 spiro atoms. The molecule has 0 heterocycles. The van der Waals surface area contributed by atoms with Crippen molar-refractivity contribution < 1.29 is 9.53 Å². The van der Waals surface area contributed by atoms with Gasteiger partial charge in [0, 0.05) is 6.08 Å². The van der Waals surface area contributed by atoms with Gasteiger partial charge in [-0.25, -0.2) is 4.79 Å². The van der Waals surface area contributed by atoms with Crippen molar-refractivity contribution in [1.82, 2.24) is 0 Å². The maximum atomic E-state index is 10.1. The molecular formula is C15H18O2. The molecule has 0 saturated heterocycles. The quantitative estimate of drug-likeness (QED) is 0.582. The lowest BCUT2D eigenvalue weighted by molar-refractivity contribution is -0.137. The average Bonchev–Trinajstić information content (AvgIpc) is 2.39. The summed E-state index contributed by atoms with van der Waals surface area (Å²) >= 11 is 0. The van der Waals surface area contributed by atoms with Crippen LogP contribution in [0, 0.1) is 0 Å². The molecule has 0 radical (unpaired) electrons. The highest BCUT2D eigenvalue weighted by atomic mass is 16.5. The van der Waals surface area contributed by atoms with E-state index in [9.17, 15) is 4.79 Å². The summed E-state index contributed by atoms with van der Waals surface area (Å²) in [4.78, 5) is 10.1. The fourth-order valence-electron chi connectivity index (χ4n) is 1.08. The predicted molar refractivity (Wildman–Crippen MR) is 73.5 cm³/mol. The minimum Gasteiger partial charge on any atom is -0.463 e. The van der Waals surface area contributed by atoms with Crippen molar-refractivity contribution in [3.8, 4) is 0 Å². The fraction of sp³-hybridized carbons (Fsp3) is 0.133. The molecule has 0 amide bonds. The highest BCUT2D eigenvalue weighted by Crippen LogP contribution is 2.10. The minimum absolute atomic E-state index is 0.359. The number of carbonyl (C=O) groups excluding carboxylic acids is 1. The van der Waals surface area contributed by atoms with Crippen LogP contribution in [0.4, 0.5) is 0 Å². The number of hydrogen-bond acceptors (Lipinski definition) is 2. The number of ether oxygens (including phenoxy) is 1. The van der Waals surface area contributed by atoms with Gasteiger partial charge in [0.25, 0.3) is 0 Å². The van der Waals surface area contributed by atoms with E-state index in [1.54, 1.807) is 6.92 Å². The van der Waals surface area contributed by atoms with Crippen molar-refractivity contribution in [1.29, 1.82) is 0 Å². The van der Waals surface area contributed by atoms with Gasteiger partial charge in [-0.1, -0.05) is 56.2 Å². The molecule has 2 nitrogen and oxygen atoms in total. The van der Waals surface area contributed by atoms with E-state index >= 15 is 0 Å². The SMILES string of the molecule is C=CC(=O)OCC.C=Cc1ccccc1C=C. The zero-order valence-corrected chi connectivity index (χ0v) is 10.2. The lowest BCUT2D eigenvalue weighted by Gasteiger charge is -1.96. The van der Waals surface area contributed by atoms with Gasteiger partial charge in [0.05, 0.1) is 6.61 Å². The Morgan fingerprint density at radius 1 is 1.18 bits per heavy atom. The number of hydrogen-bond donors (Lipinski definition) is 0. The van der Waals surface area contributed by atoms with Gasteiger partial charge in [-0.2, -0.15) is 0 Å². The van der Waals surface area contributed by atoms with E-state index in [0.717, 1.165) is 17.2 Å². The Labute approximate surface area is 103 Å². The molecule has 0 aromatic heterocycles. The number of rotatable bonds is 4. The molecular weight excluding hydrogens is 212 g/mol. The second-order valence-corrected chi connectivity index (χ2v) is 2.99. The molecule has 0 aliphatic heterocycles. The van der Waals surface area contributed by atoms with Crippen molar-refractivity contribution in [2.75, 3.05) is 6.61 Å². The third-order valence-corrected chi connectivity index (χ3v) is 1.89. The van der Waals surface area contributed by atoms with E-state index in [2.05, 4.69) is 24.5 Å². The molecule has 1 aromatic carbocycles. The molecule has 17 heavy (non-hydrogen) atoms. The minimum atomic E-state index is -0.359. The Hall–Kier alpha value is -2.09. The summed E-state index contributed by atoms with van der Waals surface area (Å²) in [5.41, 5.74) is 2.27. The Morgan fingerprint density at radius 2 is 1.65 bits per heavy atom. The molecule has 0 bridgehead atoms. The van der Waals surface area contributed by atoms with Gasteiger partial charge in [-0.3, -0.25) is 0 Å². The van der Waals surface area contributed by atoms with E-state index in [4.69, 9.17) is 0 Å². The van der Waals surface area contributed by atoms with Crippen LogP contribution in [0.5, 0.6) is 0 Å². The first-order valence-electron chi connectivity index (χ1n) is 5.32. The van der Waals surface area contributed by atoms with E-state index in [-0.39, 0.29) is 5.97 Å². The molecule has 90 valence electrons. The highest BCUT2D eigenvalue weighted by Gasteiger charge is 1.89. The summed E-state index contributed by atoms with van der Waals surface area (Å²) in [5, 5.41) is 0. The second-order valence-electron chi connectivity index (χ2n) is 2.99. The van der Waals surface area contributed by atoms with Crippen molar-refractivity contribution in [2.45, 2.75) is 6.92 Å². The first-order valence-corrected chi connectivity index (χ1v) is 5.32. The highest BCUT2D eigenvalue weighted by molar-refractivity contribution is 5.81. The van der Waals surface area contributed by atoms with Crippen LogP contribution >= 0.6 is 0 Å². The number of esters is 1. The Balaban J connectivity index is 0.000000325.